The molecule has 1 rings (SSSR count). The molecular weight excluding hydrogens is 376 g/mol. The second-order valence-corrected chi connectivity index (χ2v) is 6.97. The number of ether oxygens (including phenoxy) is 1. The summed E-state index contributed by atoms with van der Waals surface area (Å²) in [5, 5.41) is 11.4. The van der Waals surface area contributed by atoms with Crippen molar-refractivity contribution in [3.63, 3.8) is 0 Å². The van der Waals surface area contributed by atoms with Crippen molar-refractivity contribution in [1.82, 2.24) is 10.2 Å². The quantitative estimate of drug-likeness (QED) is 0.692. The zero-order valence-corrected chi connectivity index (χ0v) is 14.6. The molecule has 1 unspecified atom stereocenters. The lowest BCUT2D eigenvalue weighted by atomic mass is 10.2. The van der Waals surface area contributed by atoms with E-state index in [2.05, 4.69) is 21.2 Å². The van der Waals surface area contributed by atoms with E-state index in [1.807, 2.05) is 0 Å². The van der Waals surface area contributed by atoms with Crippen LogP contribution in [0, 0.1) is 0 Å². The molecule has 0 spiro atoms. The monoisotopic (exact) mass is 392 g/mol. The molecule has 0 saturated heterocycles. The van der Waals surface area contributed by atoms with Crippen molar-refractivity contribution in [2.45, 2.75) is 12.5 Å². The van der Waals surface area contributed by atoms with Gasteiger partial charge in [0.2, 0.25) is 5.91 Å². The van der Waals surface area contributed by atoms with Gasteiger partial charge < -0.3 is 20.1 Å². The molecule has 9 heteroatoms. The molecule has 0 aromatic carbocycles. The minimum atomic E-state index is -1.14. The number of methoxy groups -OCH3 is 1. The summed E-state index contributed by atoms with van der Waals surface area (Å²) < 4.78 is 5.62. The van der Waals surface area contributed by atoms with E-state index in [1.165, 1.54) is 30.4 Å². The highest BCUT2D eigenvalue weighted by atomic mass is 79.9. The Balaban J connectivity index is 2.55. The van der Waals surface area contributed by atoms with E-state index >= 15 is 0 Å². The summed E-state index contributed by atoms with van der Waals surface area (Å²) in [5.41, 5.74) is 0. The van der Waals surface area contributed by atoms with Gasteiger partial charge in [-0.1, -0.05) is 0 Å². The number of carbonyl (C=O) groups is 3. The van der Waals surface area contributed by atoms with Crippen molar-refractivity contribution in [3.8, 4) is 0 Å². The van der Waals surface area contributed by atoms with E-state index in [4.69, 9.17) is 9.84 Å². The Hall–Kier alpha value is -1.45. The normalized spacial score (nSPS) is 11.8. The molecule has 0 saturated carbocycles. The van der Waals surface area contributed by atoms with Crippen LogP contribution in [0.4, 0.5) is 0 Å². The number of rotatable bonds is 8. The largest absolute Gasteiger partial charge is 0.480 e. The van der Waals surface area contributed by atoms with Gasteiger partial charge in [0, 0.05) is 27.2 Å². The lowest BCUT2D eigenvalue weighted by Crippen LogP contribution is -2.46. The van der Waals surface area contributed by atoms with Crippen LogP contribution in [0.2, 0.25) is 0 Å². The second-order valence-electron chi connectivity index (χ2n) is 4.50. The SMILES string of the molecule is COCCC(NC(=O)CN(C)C(=O)c1ccc(Br)s1)C(=O)O. The van der Waals surface area contributed by atoms with Crippen LogP contribution in [0.3, 0.4) is 0 Å². The minimum absolute atomic E-state index is 0.160. The molecule has 22 heavy (non-hydrogen) atoms. The fourth-order valence-corrected chi connectivity index (χ4v) is 3.02. The highest BCUT2D eigenvalue weighted by molar-refractivity contribution is 9.11. The molecule has 0 aliphatic heterocycles. The molecule has 0 fully saturated rings. The maximum Gasteiger partial charge on any atom is 0.326 e. The van der Waals surface area contributed by atoms with Crippen molar-refractivity contribution < 1.29 is 24.2 Å². The van der Waals surface area contributed by atoms with E-state index in [0.717, 1.165) is 3.79 Å². The molecule has 2 amide bonds. The van der Waals surface area contributed by atoms with Gasteiger partial charge in [-0.2, -0.15) is 0 Å². The molecule has 2 N–H and O–H groups in total. The smallest absolute Gasteiger partial charge is 0.326 e. The van der Waals surface area contributed by atoms with Crippen LogP contribution in [-0.4, -0.2) is 61.1 Å². The third kappa shape index (κ3) is 5.74. The molecule has 7 nitrogen and oxygen atoms in total. The fourth-order valence-electron chi connectivity index (χ4n) is 1.64. The number of carboxylic acids is 1. The van der Waals surface area contributed by atoms with E-state index < -0.39 is 17.9 Å². The number of amides is 2. The molecule has 1 aromatic rings. The van der Waals surface area contributed by atoms with Crippen LogP contribution >= 0.6 is 27.3 Å². The number of nitrogens with one attached hydrogen (secondary N) is 1. The van der Waals surface area contributed by atoms with Gasteiger partial charge in [-0.15, -0.1) is 11.3 Å². The first kappa shape index (κ1) is 18.6. The van der Waals surface area contributed by atoms with Gasteiger partial charge in [0.15, 0.2) is 0 Å². The standard InChI is InChI=1S/C13H17BrN2O5S/c1-16(12(18)9-3-4-10(14)22-9)7-11(17)15-8(13(19)20)5-6-21-2/h3-4,8H,5-7H2,1-2H3,(H,15,17)(H,19,20). The molecule has 0 aliphatic rings. The number of aliphatic carboxylic acids is 1. The Morgan fingerprint density at radius 3 is 2.64 bits per heavy atom. The van der Waals surface area contributed by atoms with E-state index in [0.29, 0.717) is 4.88 Å². The van der Waals surface area contributed by atoms with Gasteiger partial charge in [-0.25, -0.2) is 4.79 Å². The number of nitrogens with zero attached hydrogens (tertiary/aromatic N) is 1. The molecular formula is C13H17BrN2O5S. The average molecular weight is 393 g/mol. The first-order chi connectivity index (χ1) is 10.3. The van der Waals surface area contributed by atoms with Crippen LogP contribution in [-0.2, 0) is 14.3 Å². The number of likely N-dealkylation sites (N-methyl/N-ethyl adjacent to an activating group) is 1. The highest BCUT2D eigenvalue weighted by Gasteiger charge is 2.22. The molecule has 1 atom stereocenters. The predicted octanol–water partition coefficient (Wildman–Crippen LogP) is 1.19. The third-order valence-corrected chi connectivity index (χ3v) is 4.37. The number of thiophene rings is 1. The molecule has 0 radical (unpaired) electrons. The van der Waals surface area contributed by atoms with Gasteiger partial charge in [0.1, 0.15) is 6.04 Å². The van der Waals surface area contributed by atoms with Crippen LogP contribution in [0.1, 0.15) is 16.1 Å². The predicted molar refractivity (Wildman–Crippen MR) is 85.0 cm³/mol. The van der Waals surface area contributed by atoms with E-state index in [-0.39, 0.29) is 25.5 Å². The van der Waals surface area contributed by atoms with Gasteiger partial charge in [0.05, 0.1) is 15.2 Å². The highest BCUT2D eigenvalue weighted by Crippen LogP contribution is 2.22. The molecule has 0 bridgehead atoms. The fraction of sp³-hybridized carbons (Fsp3) is 0.462. The zero-order valence-electron chi connectivity index (χ0n) is 12.2. The number of carbonyl (C=O) groups excluding carboxylic acids is 2. The van der Waals surface area contributed by atoms with Crippen molar-refractivity contribution >= 4 is 45.1 Å². The average Bonchev–Trinajstić information content (AvgIpc) is 2.88. The first-order valence-corrected chi connectivity index (χ1v) is 7.98. The third-order valence-electron chi connectivity index (χ3n) is 2.76. The minimum Gasteiger partial charge on any atom is -0.480 e. The first-order valence-electron chi connectivity index (χ1n) is 6.37. The summed E-state index contributed by atoms with van der Waals surface area (Å²) >= 11 is 4.53. The molecule has 122 valence electrons. The molecule has 1 heterocycles. The Morgan fingerprint density at radius 2 is 2.14 bits per heavy atom. The summed E-state index contributed by atoms with van der Waals surface area (Å²) in [7, 11) is 2.94. The maximum absolute atomic E-state index is 12.1. The summed E-state index contributed by atoms with van der Waals surface area (Å²) in [5.74, 6) is -1.97. The van der Waals surface area contributed by atoms with Gasteiger partial charge >= 0.3 is 5.97 Å². The van der Waals surface area contributed by atoms with E-state index in [1.54, 1.807) is 12.1 Å². The summed E-state index contributed by atoms with van der Waals surface area (Å²) in [6, 6.07) is 2.37. The van der Waals surface area contributed by atoms with Crippen LogP contribution in [0.15, 0.2) is 15.9 Å². The summed E-state index contributed by atoms with van der Waals surface area (Å²) in [6.45, 7) is 0.000350. The van der Waals surface area contributed by atoms with Crippen LogP contribution < -0.4 is 5.32 Å². The van der Waals surface area contributed by atoms with Gasteiger partial charge in [-0.05, 0) is 28.1 Å². The number of hydrogen-bond donors (Lipinski definition) is 2. The van der Waals surface area contributed by atoms with Crippen LogP contribution in [0.5, 0.6) is 0 Å². The summed E-state index contributed by atoms with van der Waals surface area (Å²) in [4.78, 5) is 36.7. The second kappa shape index (κ2) is 8.86. The van der Waals surface area contributed by atoms with Crippen molar-refractivity contribution in [3.05, 3.63) is 20.8 Å². The topological polar surface area (TPSA) is 95.9 Å². The molecule has 0 aliphatic carbocycles. The lowest BCUT2D eigenvalue weighted by Gasteiger charge is -2.18. The van der Waals surface area contributed by atoms with Crippen molar-refractivity contribution in [1.29, 1.82) is 0 Å². The Morgan fingerprint density at radius 1 is 1.45 bits per heavy atom. The maximum atomic E-state index is 12.1. The Kier molecular flexibility index (Phi) is 7.49. The molecule has 1 aromatic heterocycles. The van der Waals surface area contributed by atoms with Crippen molar-refractivity contribution in [2.75, 3.05) is 27.3 Å². The van der Waals surface area contributed by atoms with Gasteiger partial charge in [-0.3, -0.25) is 9.59 Å². The number of halogens is 1. The number of hydrogen-bond acceptors (Lipinski definition) is 5. The Labute approximate surface area is 140 Å². The zero-order chi connectivity index (χ0) is 16.7. The lowest BCUT2D eigenvalue weighted by molar-refractivity contribution is -0.142. The Bertz CT molecular complexity index is 548. The summed E-state index contributed by atoms with van der Waals surface area (Å²) in [6.07, 6.45) is 0.160. The van der Waals surface area contributed by atoms with Gasteiger partial charge in [0.25, 0.3) is 5.91 Å². The van der Waals surface area contributed by atoms with Crippen molar-refractivity contribution in [2.24, 2.45) is 0 Å². The number of carboxylic acid groups (broad SMARTS) is 1. The van der Waals surface area contributed by atoms with Crippen LogP contribution in [0.25, 0.3) is 0 Å². The van der Waals surface area contributed by atoms with E-state index in [9.17, 15) is 14.4 Å².